The first-order chi connectivity index (χ1) is 8.69. The molecule has 0 spiro atoms. The van der Waals surface area contributed by atoms with Gasteiger partial charge in [-0.15, -0.1) is 11.3 Å². The van der Waals surface area contributed by atoms with Gasteiger partial charge in [0.15, 0.2) is 6.29 Å². The van der Waals surface area contributed by atoms with Crippen molar-refractivity contribution in [2.45, 2.75) is 20.3 Å². The summed E-state index contributed by atoms with van der Waals surface area (Å²) in [7, 11) is 1.67. The van der Waals surface area contributed by atoms with Gasteiger partial charge < -0.3 is 4.74 Å². The van der Waals surface area contributed by atoms with Crippen LogP contribution in [0.5, 0.6) is 5.75 Å². The van der Waals surface area contributed by atoms with Crippen molar-refractivity contribution in [2.24, 2.45) is 0 Å². The molecule has 94 valence electrons. The van der Waals surface area contributed by atoms with E-state index < -0.39 is 0 Å². The molecule has 0 unspecified atom stereocenters. The second kappa shape index (κ2) is 5.31. The lowest BCUT2D eigenvalue weighted by Crippen LogP contribution is -1.91. The number of ether oxygens (including phenoxy) is 1. The zero-order valence-electron chi connectivity index (χ0n) is 10.7. The molecule has 1 aromatic carbocycles. The Morgan fingerprint density at radius 1 is 1.44 bits per heavy atom. The topological polar surface area (TPSA) is 39.2 Å². The fourth-order valence-corrected chi connectivity index (χ4v) is 2.71. The van der Waals surface area contributed by atoms with E-state index in [0.717, 1.165) is 40.3 Å². The Morgan fingerprint density at radius 2 is 2.22 bits per heavy atom. The molecule has 0 aliphatic carbocycles. The van der Waals surface area contributed by atoms with Gasteiger partial charge in [0.1, 0.15) is 10.8 Å². The lowest BCUT2D eigenvalue weighted by atomic mass is 10.1. The van der Waals surface area contributed by atoms with Crippen molar-refractivity contribution in [1.82, 2.24) is 4.98 Å². The Hall–Kier alpha value is -1.68. The number of aromatic nitrogens is 1. The van der Waals surface area contributed by atoms with Crippen molar-refractivity contribution in [2.75, 3.05) is 7.11 Å². The van der Waals surface area contributed by atoms with Crippen LogP contribution in [0.25, 0.3) is 10.6 Å². The van der Waals surface area contributed by atoms with Gasteiger partial charge >= 0.3 is 0 Å². The van der Waals surface area contributed by atoms with Crippen LogP contribution < -0.4 is 4.74 Å². The summed E-state index contributed by atoms with van der Waals surface area (Å²) in [6.45, 7) is 3.94. The molecule has 3 nitrogen and oxygen atoms in total. The molecule has 0 fully saturated rings. The third-order valence-corrected chi connectivity index (χ3v) is 3.98. The number of aryl methyl sites for hydroxylation is 2. The molecule has 0 saturated heterocycles. The van der Waals surface area contributed by atoms with Crippen LogP contribution in [-0.4, -0.2) is 18.4 Å². The average molecular weight is 261 g/mol. The third-order valence-electron chi connectivity index (χ3n) is 2.85. The molecule has 1 aromatic heterocycles. The highest BCUT2D eigenvalue weighted by Gasteiger charge is 2.10. The maximum absolute atomic E-state index is 10.8. The number of carbonyl (C=O) groups excluding carboxylic acids is 1. The molecule has 0 amide bonds. The van der Waals surface area contributed by atoms with E-state index in [0.29, 0.717) is 4.88 Å². The van der Waals surface area contributed by atoms with Gasteiger partial charge in [0.25, 0.3) is 0 Å². The van der Waals surface area contributed by atoms with E-state index in [-0.39, 0.29) is 0 Å². The largest absolute Gasteiger partial charge is 0.496 e. The predicted octanol–water partition coefficient (Wildman–Crippen LogP) is 3.50. The minimum Gasteiger partial charge on any atom is -0.496 e. The van der Waals surface area contributed by atoms with E-state index in [1.807, 2.05) is 19.1 Å². The second-order valence-corrected chi connectivity index (χ2v) is 5.00. The smallest absolute Gasteiger partial charge is 0.161 e. The zero-order chi connectivity index (χ0) is 13.1. The van der Waals surface area contributed by atoms with Gasteiger partial charge in [-0.25, -0.2) is 4.98 Å². The Balaban J connectivity index is 2.47. The van der Waals surface area contributed by atoms with Crippen LogP contribution >= 0.6 is 11.3 Å². The summed E-state index contributed by atoms with van der Waals surface area (Å²) < 4.78 is 5.30. The molecule has 4 heteroatoms. The molecule has 0 aliphatic rings. The standard InChI is InChI=1S/C14H15NO2S/c1-4-10-7-11(5-6-12(10)17-3)14-15-9(2)13(8-16)18-14/h5-8H,4H2,1-3H3. The van der Waals surface area contributed by atoms with Crippen LogP contribution in [0.1, 0.15) is 27.9 Å². The Labute approximate surface area is 110 Å². The Morgan fingerprint density at radius 3 is 2.78 bits per heavy atom. The van der Waals surface area contributed by atoms with E-state index >= 15 is 0 Å². The van der Waals surface area contributed by atoms with E-state index in [1.165, 1.54) is 11.3 Å². The maximum Gasteiger partial charge on any atom is 0.161 e. The maximum atomic E-state index is 10.8. The van der Waals surface area contributed by atoms with Crippen molar-refractivity contribution >= 4 is 17.6 Å². The lowest BCUT2D eigenvalue weighted by molar-refractivity contribution is 0.112. The van der Waals surface area contributed by atoms with Crippen LogP contribution in [0.15, 0.2) is 18.2 Å². The highest BCUT2D eigenvalue weighted by molar-refractivity contribution is 7.16. The van der Waals surface area contributed by atoms with E-state index in [9.17, 15) is 4.79 Å². The third kappa shape index (κ3) is 2.29. The van der Waals surface area contributed by atoms with E-state index in [4.69, 9.17) is 4.74 Å². The molecule has 0 radical (unpaired) electrons. The number of methoxy groups -OCH3 is 1. The van der Waals surface area contributed by atoms with Crippen molar-refractivity contribution in [3.63, 3.8) is 0 Å². The number of rotatable bonds is 4. The van der Waals surface area contributed by atoms with Crippen LogP contribution in [0.2, 0.25) is 0 Å². The molecule has 0 aliphatic heterocycles. The first-order valence-electron chi connectivity index (χ1n) is 5.79. The predicted molar refractivity (Wildman–Crippen MR) is 73.6 cm³/mol. The number of aldehydes is 1. The summed E-state index contributed by atoms with van der Waals surface area (Å²) in [5.41, 5.74) is 2.98. The summed E-state index contributed by atoms with van der Waals surface area (Å²) in [5, 5.41) is 0.881. The van der Waals surface area contributed by atoms with Crippen LogP contribution in [0, 0.1) is 6.92 Å². The van der Waals surface area contributed by atoms with Gasteiger partial charge in [-0.2, -0.15) is 0 Å². The van der Waals surface area contributed by atoms with Gasteiger partial charge in [0.05, 0.1) is 17.7 Å². The van der Waals surface area contributed by atoms with Gasteiger partial charge in [-0.3, -0.25) is 4.79 Å². The molecule has 0 N–H and O–H groups in total. The normalized spacial score (nSPS) is 10.4. The molecular weight excluding hydrogens is 246 g/mol. The SMILES string of the molecule is CCc1cc(-c2nc(C)c(C=O)s2)ccc1OC. The van der Waals surface area contributed by atoms with Gasteiger partial charge in [-0.05, 0) is 37.1 Å². The number of hydrogen-bond acceptors (Lipinski definition) is 4. The fraction of sp³-hybridized carbons (Fsp3) is 0.286. The summed E-state index contributed by atoms with van der Waals surface area (Å²) in [6, 6.07) is 6.00. The van der Waals surface area contributed by atoms with Crippen LogP contribution in [0.3, 0.4) is 0 Å². The van der Waals surface area contributed by atoms with Gasteiger partial charge in [0, 0.05) is 5.56 Å². The molecule has 2 aromatic rings. The fourth-order valence-electron chi connectivity index (χ4n) is 1.83. The van der Waals surface area contributed by atoms with Gasteiger partial charge in [0.2, 0.25) is 0 Å². The zero-order valence-corrected chi connectivity index (χ0v) is 11.5. The second-order valence-electron chi connectivity index (χ2n) is 3.97. The quantitative estimate of drug-likeness (QED) is 0.791. The molecule has 2 rings (SSSR count). The molecule has 0 bridgehead atoms. The van der Waals surface area contributed by atoms with Crippen molar-refractivity contribution in [3.05, 3.63) is 34.3 Å². The van der Waals surface area contributed by atoms with E-state index in [2.05, 4.69) is 18.0 Å². The van der Waals surface area contributed by atoms with Crippen LogP contribution in [0.4, 0.5) is 0 Å². The van der Waals surface area contributed by atoms with Crippen LogP contribution in [-0.2, 0) is 6.42 Å². The van der Waals surface area contributed by atoms with E-state index in [1.54, 1.807) is 7.11 Å². The monoisotopic (exact) mass is 261 g/mol. The number of carbonyl (C=O) groups is 1. The molecule has 0 saturated carbocycles. The highest BCUT2D eigenvalue weighted by atomic mass is 32.1. The lowest BCUT2D eigenvalue weighted by Gasteiger charge is -2.07. The summed E-state index contributed by atoms with van der Waals surface area (Å²) >= 11 is 1.43. The molecule has 18 heavy (non-hydrogen) atoms. The summed E-state index contributed by atoms with van der Waals surface area (Å²) in [4.78, 5) is 16.0. The molecular formula is C14H15NO2S. The number of hydrogen-bond donors (Lipinski definition) is 0. The molecule has 0 atom stereocenters. The average Bonchev–Trinajstić information content (AvgIpc) is 2.79. The number of nitrogens with zero attached hydrogens (tertiary/aromatic N) is 1. The van der Waals surface area contributed by atoms with Crippen molar-refractivity contribution in [3.8, 4) is 16.3 Å². The first-order valence-corrected chi connectivity index (χ1v) is 6.61. The van der Waals surface area contributed by atoms with Gasteiger partial charge in [-0.1, -0.05) is 6.92 Å². The number of thiazole rings is 1. The number of benzene rings is 1. The van der Waals surface area contributed by atoms with Crippen molar-refractivity contribution < 1.29 is 9.53 Å². The Bertz CT molecular complexity index is 575. The highest BCUT2D eigenvalue weighted by Crippen LogP contribution is 2.30. The minimum atomic E-state index is 0.693. The molecule has 1 heterocycles. The first kappa shape index (κ1) is 12.8. The minimum absolute atomic E-state index is 0.693. The summed E-state index contributed by atoms with van der Waals surface area (Å²) in [5.74, 6) is 0.894. The Kier molecular flexibility index (Phi) is 3.77. The summed E-state index contributed by atoms with van der Waals surface area (Å²) in [6.07, 6.45) is 1.77. The van der Waals surface area contributed by atoms with Crippen molar-refractivity contribution in [1.29, 1.82) is 0 Å².